The highest BCUT2D eigenvalue weighted by Crippen LogP contribution is 2.30. The molecule has 0 fully saturated rings. The van der Waals surface area contributed by atoms with Crippen LogP contribution in [0.4, 0.5) is 17.6 Å². The van der Waals surface area contributed by atoms with E-state index in [-0.39, 0.29) is 17.5 Å². The molecule has 2 aromatic rings. The molecule has 0 radical (unpaired) electrons. The first-order valence-corrected chi connectivity index (χ1v) is 10.4. The lowest BCUT2D eigenvalue weighted by molar-refractivity contribution is 0.0697. The largest absolute Gasteiger partial charge is 0.478 e. The predicted molar refractivity (Wildman–Crippen MR) is 86.8 cm³/mol. The monoisotopic (exact) mass is 441 g/mol. The maximum atomic E-state index is 14.1. The summed E-state index contributed by atoms with van der Waals surface area (Å²) in [6, 6.07) is 4.81. The molecule has 28 heavy (non-hydrogen) atoms. The number of aromatic carboxylic acids is 1. The van der Waals surface area contributed by atoms with Gasteiger partial charge in [-0.1, -0.05) is 12.1 Å². The zero-order chi connectivity index (χ0) is 21.4. The van der Waals surface area contributed by atoms with Crippen molar-refractivity contribution in [1.29, 1.82) is 0 Å². The van der Waals surface area contributed by atoms with E-state index in [4.69, 9.17) is 5.11 Å². The predicted octanol–water partition coefficient (Wildman–Crippen LogP) is 1.61. The Balaban J connectivity index is 2.45. The molecule has 0 saturated carbocycles. The lowest BCUT2D eigenvalue weighted by atomic mass is 10.1. The number of carboxylic acids is 1. The molecule has 2 rings (SSSR count). The normalized spacial score (nSPS) is 12.2. The molecule has 0 aliphatic carbocycles. The van der Waals surface area contributed by atoms with Crippen molar-refractivity contribution in [3.63, 3.8) is 0 Å². The molecule has 0 bridgehead atoms. The van der Waals surface area contributed by atoms with Gasteiger partial charge in [0.25, 0.3) is 0 Å². The maximum absolute atomic E-state index is 14.1. The topological polar surface area (TPSA) is 132 Å². The fourth-order valence-electron chi connectivity index (χ4n) is 2.28. The molecule has 0 aliphatic heterocycles. The van der Waals surface area contributed by atoms with Crippen LogP contribution in [0.25, 0.3) is 0 Å². The summed E-state index contributed by atoms with van der Waals surface area (Å²) in [5, 5.41) is 13.3. The van der Waals surface area contributed by atoms with Crippen LogP contribution in [-0.2, 0) is 26.3 Å². The van der Waals surface area contributed by atoms with Crippen molar-refractivity contribution in [1.82, 2.24) is 0 Å². The number of halogens is 4. The van der Waals surface area contributed by atoms with E-state index in [0.29, 0.717) is 0 Å². The van der Waals surface area contributed by atoms with Gasteiger partial charge in [0, 0.05) is 0 Å². The van der Waals surface area contributed by atoms with Gasteiger partial charge in [-0.05, 0) is 24.1 Å². The van der Waals surface area contributed by atoms with Crippen LogP contribution >= 0.6 is 0 Å². The summed E-state index contributed by atoms with van der Waals surface area (Å²) in [5.74, 6) is -12.0. The van der Waals surface area contributed by atoms with Crippen molar-refractivity contribution in [2.45, 2.75) is 16.2 Å². The van der Waals surface area contributed by atoms with Crippen LogP contribution in [0.3, 0.4) is 0 Å². The third kappa shape index (κ3) is 4.15. The van der Waals surface area contributed by atoms with Gasteiger partial charge in [-0.15, -0.1) is 0 Å². The van der Waals surface area contributed by atoms with Gasteiger partial charge in [-0.25, -0.2) is 44.3 Å². The standard InChI is InChI=1S/C15H11F4NO6S2/c16-9-11(18)14(28(20,25)26)12(19)10(17)13(9)27(23,24)6-5-7-1-3-8(4-2-7)15(21)22/h1-4H,5-6H2,(H,21,22)(H2,20,25,26). The molecule has 0 aromatic heterocycles. The van der Waals surface area contributed by atoms with E-state index in [1.54, 1.807) is 0 Å². The van der Waals surface area contributed by atoms with Gasteiger partial charge >= 0.3 is 5.97 Å². The Labute approximate surface area is 156 Å². The summed E-state index contributed by atoms with van der Waals surface area (Å²) in [4.78, 5) is 6.67. The second-order valence-corrected chi connectivity index (χ2v) is 9.07. The van der Waals surface area contributed by atoms with Crippen molar-refractivity contribution in [3.05, 3.63) is 58.7 Å². The molecule has 7 nitrogen and oxygen atoms in total. The minimum atomic E-state index is -5.21. The van der Waals surface area contributed by atoms with Gasteiger partial charge in [0.05, 0.1) is 11.3 Å². The van der Waals surface area contributed by atoms with E-state index < -0.39 is 64.6 Å². The van der Waals surface area contributed by atoms with Crippen LogP contribution in [0.1, 0.15) is 15.9 Å². The summed E-state index contributed by atoms with van der Waals surface area (Å²) in [7, 11) is -10.1. The fraction of sp³-hybridized carbons (Fsp3) is 0.133. The Morgan fingerprint density at radius 2 is 1.29 bits per heavy atom. The molecule has 2 aromatic carbocycles. The van der Waals surface area contributed by atoms with Crippen LogP contribution in [0.2, 0.25) is 0 Å². The van der Waals surface area contributed by atoms with Gasteiger partial charge in [0.15, 0.2) is 38.0 Å². The van der Waals surface area contributed by atoms with Crippen molar-refractivity contribution in [3.8, 4) is 0 Å². The zero-order valence-corrected chi connectivity index (χ0v) is 15.3. The number of sulfone groups is 1. The highest BCUT2D eigenvalue weighted by Gasteiger charge is 2.36. The molecule has 0 spiro atoms. The van der Waals surface area contributed by atoms with Crippen molar-refractivity contribution in [2.75, 3.05) is 5.75 Å². The van der Waals surface area contributed by atoms with Gasteiger partial charge < -0.3 is 5.11 Å². The highest BCUT2D eigenvalue weighted by molar-refractivity contribution is 7.91. The minimum absolute atomic E-state index is 0.0913. The van der Waals surface area contributed by atoms with E-state index in [1.165, 1.54) is 12.1 Å². The second kappa shape index (κ2) is 7.48. The summed E-state index contributed by atoms with van der Waals surface area (Å²) < 4.78 is 102. The minimum Gasteiger partial charge on any atom is -0.478 e. The van der Waals surface area contributed by atoms with Gasteiger partial charge in [0.2, 0.25) is 10.0 Å². The molecular weight excluding hydrogens is 430 g/mol. The van der Waals surface area contributed by atoms with Crippen molar-refractivity contribution >= 4 is 25.8 Å². The quantitative estimate of drug-likeness (QED) is 0.517. The number of rotatable bonds is 6. The van der Waals surface area contributed by atoms with Gasteiger partial charge in [0.1, 0.15) is 4.90 Å². The molecular formula is C15H11F4NO6S2. The Hall–Kier alpha value is -2.51. The van der Waals surface area contributed by atoms with Crippen molar-refractivity contribution in [2.24, 2.45) is 5.14 Å². The average Bonchev–Trinajstić information content (AvgIpc) is 2.57. The third-order valence-corrected chi connectivity index (χ3v) is 6.29. The van der Waals surface area contributed by atoms with Gasteiger partial charge in [-0.3, -0.25) is 0 Å². The number of benzene rings is 2. The van der Waals surface area contributed by atoms with Crippen LogP contribution in [0.15, 0.2) is 34.1 Å². The first-order chi connectivity index (χ1) is 12.8. The number of nitrogens with two attached hydrogens (primary N) is 1. The van der Waals surface area contributed by atoms with Crippen LogP contribution in [0, 0.1) is 23.3 Å². The fourth-order valence-corrected chi connectivity index (χ4v) is 4.40. The van der Waals surface area contributed by atoms with E-state index in [2.05, 4.69) is 5.14 Å². The smallest absolute Gasteiger partial charge is 0.335 e. The number of primary sulfonamides is 1. The molecule has 0 amide bonds. The number of aryl methyl sites for hydroxylation is 1. The Kier molecular flexibility index (Phi) is 5.82. The molecule has 0 saturated heterocycles. The zero-order valence-electron chi connectivity index (χ0n) is 13.6. The molecule has 13 heteroatoms. The van der Waals surface area contributed by atoms with Crippen LogP contribution in [-0.4, -0.2) is 33.7 Å². The third-order valence-electron chi connectivity index (χ3n) is 3.64. The van der Waals surface area contributed by atoms with Crippen molar-refractivity contribution < 1.29 is 44.3 Å². The summed E-state index contributed by atoms with van der Waals surface area (Å²) in [6.45, 7) is 0. The molecule has 0 unspecified atom stereocenters. The average molecular weight is 441 g/mol. The van der Waals surface area contributed by atoms with E-state index in [0.717, 1.165) is 12.1 Å². The summed E-state index contributed by atoms with van der Waals surface area (Å²) in [5.41, 5.74) is 0.169. The first-order valence-electron chi connectivity index (χ1n) is 7.21. The molecule has 0 atom stereocenters. The lowest BCUT2D eigenvalue weighted by Crippen LogP contribution is -2.22. The lowest BCUT2D eigenvalue weighted by Gasteiger charge is -2.11. The van der Waals surface area contributed by atoms with Gasteiger partial charge in [-0.2, -0.15) is 0 Å². The van der Waals surface area contributed by atoms with Crippen LogP contribution < -0.4 is 5.14 Å². The molecule has 0 heterocycles. The first kappa shape index (κ1) is 21.8. The molecule has 3 N–H and O–H groups in total. The summed E-state index contributed by atoms with van der Waals surface area (Å²) in [6.07, 6.45) is -0.374. The number of hydrogen-bond acceptors (Lipinski definition) is 5. The number of sulfonamides is 1. The SMILES string of the molecule is NS(=O)(=O)c1c(F)c(F)c(S(=O)(=O)CCc2ccc(C(=O)O)cc2)c(F)c1F. The molecule has 152 valence electrons. The van der Waals surface area contributed by atoms with E-state index in [9.17, 15) is 39.2 Å². The van der Waals surface area contributed by atoms with E-state index in [1.807, 2.05) is 0 Å². The highest BCUT2D eigenvalue weighted by atomic mass is 32.2. The second-order valence-electron chi connectivity index (χ2n) is 5.53. The Morgan fingerprint density at radius 1 is 0.857 bits per heavy atom. The maximum Gasteiger partial charge on any atom is 0.335 e. The van der Waals surface area contributed by atoms with Crippen LogP contribution in [0.5, 0.6) is 0 Å². The number of carboxylic acid groups (broad SMARTS) is 1. The number of hydrogen-bond donors (Lipinski definition) is 2. The number of carbonyl (C=O) groups is 1. The Morgan fingerprint density at radius 3 is 1.68 bits per heavy atom. The molecule has 0 aliphatic rings. The summed E-state index contributed by atoms with van der Waals surface area (Å²) >= 11 is 0. The van der Waals surface area contributed by atoms with E-state index >= 15 is 0 Å². The Bertz CT molecular complexity index is 1130.